The van der Waals surface area contributed by atoms with E-state index in [1.807, 2.05) is 12.1 Å². The van der Waals surface area contributed by atoms with Gasteiger partial charge in [0.05, 0.1) is 32.5 Å². The van der Waals surface area contributed by atoms with E-state index in [0.717, 1.165) is 18.3 Å². The Morgan fingerprint density at radius 3 is 2.35 bits per heavy atom. The number of aliphatic imine (C=N–C) groups is 1. The summed E-state index contributed by atoms with van der Waals surface area (Å²) in [7, 11) is 3.43. The highest BCUT2D eigenvalue weighted by atomic mass is 127. The second-order valence-corrected chi connectivity index (χ2v) is 6.24. The zero-order valence-corrected chi connectivity index (χ0v) is 18.9. The van der Waals surface area contributed by atoms with Crippen LogP contribution in [-0.2, 0) is 9.47 Å². The van der Waals surface area contributed by atoms with Crippen LogP contribution in [0.4, 0.5) is 0 Å². The molecular weight excluding hydrogens is 445 g/mol. The van der Waals surface area contributed by atoms with Gasteiger partial charge >= 0.3 is 0 Å². The maximum atomic E-state index is 5.72. The lowest BCUT2D eigenvalue weighted by Crippen LogP contribution is -2.40. The number of benzene rings is 1. The van der Waals surface area contributed by atoms with Crippen molar-refractivity contribution in [3.05, 3.63) is 29.8 Å². The smallest absolute Gasteiger partial charge is 0.191 e. The number of hydrogen-bond donors (Lipinski definition) is 2. The molecule has 0 heterocycles. The molecule has 0 aliphatic carbocycles. The maximum absolute atomic E-state index is 5.72. The Hall–Kier alpha value is -1.06. The van der Waals surface area contributed by atoms with E-state index in [-0.39, 0.29) is 30.0 Å². The molecule has 0 saturated heterocycles. The molecule has 0 aliphatic heterocycles. The number of halogens is 1. The summed E-state index contributed by atoms with van der Waals surface area (Å²) in [6.45, 7) is 9.64. The Morgan fingerprint density at radius 2 is 1.77 bits per heavy atom. The third kappa shape index (κ3) is 10.8. The van der Waals surface area contributed by atoms with Gasteiger partial charge in [-0.1, -0.05) is 26.0 Å². The van der Waals surface area contributed by atoms with E-state index in [9.17, 15) is 0 Å². The van der Waals surface area contributed by atoms with E-state index in [1.54, 1.807) is 14.2 Å². The minimum atomic E-state index is 0. The van der Waals surface area contributed by atoms with Gasteiger partial charge in [0, 0.05) is 20.7 Å². The molecule has 1 aromatic rings. The third-order valence-electron chi connectivity index (χ3n) is 3.51. The third-order valence-corrected chi connectivity index (χ3v) is 3.51. The molecule has 0 saturated carbocycles. The zero-order chi connectivity index (χ0) is 18.5. The predicted molar refractivity (Wildman–Crippen MR) is 118 cm³/mol. The van der Waals surface area contributed by atoms with Gasteiger partial charge in [-0.2, -0.15) is 0 Å². The van der Waals surface area contributed by atoms with E-state index in [0.29, 0.717) is 32.3 Å². The molecule has 0 amide bonds. The summed E-state index contributed by atoms with van der Waals surface area (Å²) in [5, 5.41) is 6.61. The topological polar surface area (TPSA) is 64.1 Å². The van der Waals surface area contributed by atoms with Crippen molar-refractivity contribution in [2.45, 2.75) is 26.8 Å². The van der Waals surface area contributed by atoms with Crippen LogP contribution >= 0.6 is 24.0 Å². The van der Waals surface area contributed by atoms with Crippen molar-refractivity contribution < 1.29 is 14.2 Å². The molecule has 6 nitrogen and oxygen atoms in total. The Balaban J connectivity index is 0.00000625. The predicted octanol–water partition coefficient (Wildman–Crippen LogP) is 3.23. The fourth-order valence-corrected chi connectivity index (χ4v) is 2.08. The normalized spacial score (nSPS) is 12.5. The molecule has 2 N–H and O–H groups in total. The number of guanidine groups is 1. The molecular formula is C19H34IN3O3. The van der Waals surface area contributed by atoms with Crippen LogP contribution in [0.1, 0.15) is 32.4 Å². The summed E-state index contributed by atoms with van der Waals surface area (Å²) >= 11 is 0. The van der Waals surface area contributed by atoms with Crippen LogP contribution in [0.3, 0.4) is 0 Å². The maximum Gasteiger partial charge on any atom is 0.191 e. The van der Waals surface area contributed by atoms with Gasteiger partial charge in [0.25, 0.3) is 0 Å². The quantitative estimate of drug-likeness (QED) is 0.221. The van der Waals surface area contributed by atoms with Crippen LogP contribution in [0.5, 0.6) is 5.75 Å². The van der Waals surface area contributed by atoms with Crippen molar-refractivity contribution in [2.24, 2.45) is 10.9 Å². The monoisotopic (exact) mass is 479 g/mol. The lowest BCUT2D eigenvalue weighted by molar-refractivity contribution is 0.0733. The molecule has 150 valence electrons. The van der Waals surface area contributed by atoms with Crippen molar-refractivity contribution in [1.82, 2.24) is 10.6 Å². The summed E-state index contributed by atoms with van der Waals surface area (Å²) in [6.07, 6.45) is 0. The first-order chi connectivity index (χ1) is 12.1. The SMILES string of the molecule is CN=C(NCCOCCOC)NC(C)c1ccc(OCC(C)C)cc1.I. The first-order valence-corrected chi connectivity index (χ1v) is 8.83. The van der Waals surface area contributed by atoms with Gasteiger partial charge in [0.2, 0.25) is 0 Å². The van der Waals surface area contributed by atoms with E-state index >= 15 is 0 Å². The van der Waals surface area contributed by atoms with Gasteiger partial charge in [0.15, 0.2) is 5.96 Å². The number of hydrogen-bond acceptors (Lipinski definition) is 4. The summed E-state index contributed by atoms with van der Waals surface area (Å²) < 4.78 is 16.1. The summed E-state index contributed by atoms with van der Waals surface area (Å²) in [6, 6.07) is 8.31. The van der Waals surface area contributed by atoms with E-state index in [2.05, 4.69) is 48.5 Å². The highest BCUT2D eigenvalue weighted by Crippen LogP contribution is 2.18. The van der Waals surface area contributed by atoms with Crippen LogP contribution in [-0.4, -0.2) is 53.1 Å². The summed E-state index contributed by atoms with van der Waals surface area (Å²) in [4.78, 5) is 4.24. The lowest BCUT2D eigenvalue weighted by atomic mass is 10.1. The average Bonchev–Trinajstić information content (AvgIpc) is 2.62. The van der Waals surface area contributed by atoms with Crippen molar-refractivity contribution in [1.29, 1.82) is 0 Å². The molecule has 7 heteroatoms. The van der Waals surface area contributed by atoms with Crippen molar-refractivity contribution >= 4 is 29.9 Å². The number of nitrogens with one attached hydrogen (secondary N) is 2. The van der Waals surface area contributed by atoms with E-state index < -0.39 is 0 Å². The molecule has 0 fully saturated rings. The van der Waals surface area contributed by atoms with Gasteiger partial charge in [0.1, 0.15) is 5.75 Å². The molecule has 0 radical (unpaired) electrons. The molecule has 0 spiro atoms. The highest BCUT2D eigenvalue weighted by Gasteiger charge is 2.08. The van der Waals surface area contributed by atoms with Gasteiger partial charge in [-0.25, -0.2) is 0 Å². The van der Waals surface area contributed by atoms with E-state index in [4.69, 9.17) is 14.2 Å². The second-order valence-electron chi connectivity index (χ2n) is 6.24. The van der Waals surface area contributed by atoms with Gasteiger partial charge in [-0.15, -0.1) is 24.0 Å². The largest absolute Gasteiger partial charge is 0.493 e. The molecule has 1 rings (SSSR count). The van der Waals surface area contributed by atoms with Crippen molar-refractivity contribution in [3.8, 4) is 5.75 Å². The number of methoxy groups -OCH3 is 1. The Bertz CT molecular complexity index is 495. The Labute approximate surface area is 175 Å². The summed E-state index contributed by atoms with van der Waals surface area (Å²) in [5.41, 5.74) is 1.18. The van der Waals surface area contributed by atoms with Crippen molar-refractivity contribution in [3.63, 3.8) is 0 Å². The molecule has 26 heavy (non-hydrogen) atoms. The Kier molecular flexibility index (Phi) is 14.4. The average molecular weight is 479 g/mol. The Morgan fingerprint density at radius 1 is 1.08 bits per heavy atom. The molecule has 1 unspecified atom stereocenters. The first kappa shape index (κ1) is 24.9. The van der Waals surface area contributed by atoms with Crippen LogP contribution in [0.25, 0.3) is 0 Å². The number of rotatable bonds is 11. The first-order valence-electron chi connectivity index (χ1n) is 8.83. The van der Waals surface area contributed by atoms with E-state index in [1.165, 1.54) is 5.56 Å². The van der Waals surface area contributed by atoms with Crippen LogP contribution in [0.2, 0.25) is 0 Å². The minimum Gasteiger partial charge on any atom is -0.493 e. The second kappa shape index (κ2) is 15.0. The summed E-state index contributed by atoms with van der Waals surface area (Å²) in [5.74, 6) is 2.18. The van der Waals surface area contributed by atoms with Crippen LogP contribution in [0, 0.1) is 5.92 Å². The van der Waals surface area contributed by atoms with Crippen molar-refractivity contribution in [2.75, 3.05) is 47.1 Å². The van der Waals surface area contributed by atoms with Gasteiger partial charge in [-0.05, 0) is 30.5 Å². The van der Waals surface area contributed by atoms with Crippen LogP contribution < -0.4 is 15.4 Å². The molecule has 0 aliphatic rings. The minimum absolute atomic E-state index is 0. The lowest BCUT2D eigenvalue weighted by Gasteiger charge is -2.19. The molecule has 0 aromatic heterocycles. The van der Waals surface area contributed by atoms with Crippen LogP contribution in [0.15, 0.2) is 29.3 Å². The fourth-order valence-electron chi connectivity index (χ4n) is 2.08. The van der Waals surface area contributed by atoms with Gasteiger partial charge < -0.3 is 24.8 Å². The fraction of sp³-hybridized carbons (Fsp3) is 0.632. The van der Waals surface area contributed by atoms with Gasteiger partial charge in [-0.3, -0.25) is 4.99 Å². The highest BCUT2D eigenvalue weighted by molar-refractivity contribution is 14.0. The molecule has 1 atom stereocenters. The number of ether oxygens (including phenoxy) is 3. The molecule has 0 bridgehead atoms. The standard InChI is InChI=1S/C19H33N3O3.HI/c1-15(2)14-25-18-8-6-17(7-9-18)16(3)22-19(20-4)21-10-11-24-13-12-23-5;/h6-9,15-16H,10-14H2,1-5H3,(H2,20,21,22);1H. The molecule has 1 aromatic carbocycles. The number of nitrogens with zero attached hydrogens (tertiary/aromatic N) is 1. The zero-order valence-electron chi connectivity index (χ0n) is 16.6.